The summed E-state index contributed by atoms with van der Waals surface area (Å²) in [5, 5.41) is 2.31. The van der Waals surface area contributed by atoms with Crippen LogP contribution in [0.5, 0.6) is 0 Å². The number of rotatable bonds is 6. The fourth-order valence-electron chi connectivity index (χ4n) is 4.99. The lowest BCUT2D eigenvalue weighted by atomic mass is 10.2. The predicted octanol–water partition coefficient (Wildman–Crippen LogP) is 1.56. The van der Waals surface area contributed by atoms with Crippen molar-refractivity contribution in [3.8, 4) is 16.9 Å². The number of likely N-dealkylation sites (N-methyl/N-ethyl adjacent to an activating group) is 1. The summed E-state index contributed by atoms with van der Waals surface area (Å²) >= 11 is 0. The van der Waals surface area contributed by atoms with Gasteiger partial charge in [-0.25, -0.2) is 25.8 Å². The molecule has 0 amide bonds. The van der Waals surface area contributed by atoms with Crippen molar-refractivity contribution in [1.82, 2.24) is 34.4 Å². The number of nitrogens with zero attached hydrogens (tertiary/aromatic N) is 10. The fourth-order valence-corrected chi connectivity index (χ4v) is 4.99. The first kappa shape index (κ1) is 24.5. The van der Waals surface area contributed by atoms with Crippen molar-refractivity contribution < 1.29 is 4.74 Å². The lowest BCUT2D eigenvalue weighted by Gasteiger charge is -2.34. The molecular weight excluding hydrogens is 482 g/mol. The molecule has 2 aliphatic heterocycles. The molecule has 6 heterocycles. The number of fused-ring (bicyclic) bond motifs is 1. The Labute approximate surface area is 221 Å². The molecule has 12 nitrogen and oxygen atoms in total. The molecule has 2 N–H and O–H groups in total. The van der Waals surface area contributed by atoms with E-state index in [2.05, 4.69) is 48.3 Å². The van der Waals surface area contributed by atoms with E-state index < -0.39 is 0 Å². The molecule has 2 fully saturated rings. The van der Waals surface area contributed by atoms with E-state index in [1.54, 1.807) is 19.4 Å². The number of aromatic nitrogens is 6. The molecule has 6 rings (SSSR count). The minimum absolute atomic E-state index is 0.439. The molecule has 198 valence electrons. The monoisotopic (exact) mass is 515 g/mol. The smallest absolute Gasteiger partial charge is 0.239 e. The van der Waals surface area contributed by atoms with Gasteiger partial charge in [0.2, 0.25) is 11.9 Å². The standard InChI is InChI=1S/C26H33N11O/c1-3-34-8-10-35(11-9-34)22-16-20(4-6-28-22)37-7-5-21-23(19-17-29-25(30-18-19)33(2)27)31-26(32-24(21)37)36-12-14-38-15-13-36/h4-7,16-18H,3,8-15,27H2,1-2H3. The van der Waals surface area contributed by atoms with Crippen LogP contribution < -0.4 is 20.7 Å². The number of nitrogens with two attached hydrogens (primary N) is 1. The van der Waals surface area contributed by atoms with Crippen LogP contribution >= 0.6 is 0 Å². The van der Waals surface area contributed by atoms with Crippen molar-refractivity contribution in [2.45, 2.75) is 6.92 Å². The molecule has 2 saturated heterocycles. The predicted molar refractivity (Wildman–Crippen MR) is 148 cm³/mol. The quantitative estimate of drug-likeness (QED) is 0.298. The van der Waals surface area contributed by atoms with Gasteiger partial charge in [0.25, 0.3) is 0 Å². The molecule has 0 saturated carbocycles. The number of piperazine rings is 1. The number of hydrogen-bond donors (Lipinski definition) is 1. The first-order valence-corrected chi connectivity index (χ1v) is 13.1. The molecule has 0 atom stereocenters. The highest BCUT2D eigenvalue weighted by atomic mass is 16.5. The second-order valence-electron chi connectivity index (χ2n) is 9.57. The van der Waals surface area contributed by atoms with Crippen LogP contribution in [-0.2, 0) is 4.74 Å². The van der Waals surface area contributed by atoms with E-state index in [1.807, 2.05) is 18.5 Å². The number of pyridine rings is 1. The first-order chi connectivity index (χ1) is 18.6. The number of morpholine rings is 1. The second kappa shape index (κ2) is 10.5. The van der Waals surface area contributed by atoms with E-state index >= 15 is 0 Å². The lowest BCUT2D eigenvalue weighted by molar-refractivity contribution is 0.122. The van der Waals surface area contributed by atoms with Gasteiger partial charge in [0.1, 0.15) is 5.82 Å². The van der Waals surface area contributed by atoms with Crippen LogP contribution in [0.15, 0.2) is 43.0 Å². The number of anilines is 3. The molecule has 0 unspecified atom stereocenters. The first-order valence-electron chi connectivity index (χ1n) is 13.1. The van der Waals surface area contributed by atoms with Gasteiger partial charge in [-0.2, -0.15) is 4.98 Å². The third kappa shape index (κ3) is 4.73. The molecule has 2 aliphatic rings. The summed E-state index contributed by atoms with van der Waals surface area (Å²) in [7, 11) is 1.71. The molecule has 12 heteroatoms. The van der Waals surface area contributed by atoms with Crippen LogP contribution in [-0.4, -0.2) is 100 Å². The lowest BCUT2D eigenvalue weighted by Crippen LogP contribution is -2.46. The van der Waals surface area contributed by atoms with Crippen molar-refractivity contribution >= 4 is 28.7 Å². The summed E-state index contributed by atoms with van der Waals surface area (Å²) in [5.41, 5.74) is 3.42. The zero-order valence-electron chi connectivity index (χ0n) is 21.9. The Morgan fingerprint density at radius 1 is 0.947 bits per heavy atom. The summed E-state index contributed by atoms with van der Waals surface area (Å²) in [6, 6.07) is 6.22. The fraction of sp³-hybridized carbons (Fsp3) is 0.423. The average molecular weight is 516 g/mol. The Balaban J connectivity index is 1.42. The summed E-state index contributed by atoms with van der Waals surface area (Å²) in [6.45, 7) is 10.1. The highest BCUT2D eigenvalue weighted by molar-refractivity contribution is 5.92. The number of hydrazine groups is 1. The van der Waals surface area contributed by atoms with E-state index in [-0.39, 0.29) is 0 Å². The van der Waals surface area contributed by atoms with Crippen molar-refractivity contribution in [1.29, 1.82) is 0 Å². The van der Waals surface area contributed by atoms with E-state index in [0.29, 0.717) is 25.1 Å². The van der Waals surface area contributed by atoms with E-state index in [1.165, 1.54) is 5.01 Å². The van der Waals surface area contributed by atoms with E-state index in [9.17, 15) is 0 Å². The third-order valence-electron chi connectivity index (χ3n) is 7.20. The summed E-state index contributed by atoms with van der Waals surface area (Å²) < 4.78 is 7.68. The topological polar surface area (TPSA) is 118 Å². The van der Waals surface area contributed by atoms with Gasteiger partial charge in [0, 0.05) is 88.1 Å². The molecule has 0 bridgehead atoms. The Morgan fingerprint density at radius 3 is 2.42 bits per heavy atom. The summed E-state index contributed by atoms with van der Waals surface area (Å²) in [5.74, 6) is 7.90. The van der Waals surface area contributed by atoms with Crippen LogP contribution in [0.3, 0.4) is 0 Å². The van der Waals surface area contributed by atoms with E-state index in [0.717, 1.165) is 79.6 Å². The second-order valence-corrected chi connectivity index (χ2v) is 9.57. The van der Waals surface area contributed by atoms with Crippen molar-refractivity contribution in [2.24, 2.45) is 5.84 Å². The molecule has 0 spiro atoms. The van der Waals surface area contributed by atoms with Crippen molar-refractivity contribution in [3.63, 3.8) is 0 Å². The Bertz CT molecular complexity index is 1390. The largest absolute Gasteiger partial charge is 0.378 e. The molecular formula is C26H33N11O. The zero-order chi connectivity index (χ0) is 26.1. The van der Waals surface area contributed by atoms with Crippen molar-refractivity contribution in [2.75, 3.05) is 80.9 Å². The van der Waals surface area contributed by atoms with Crippen LogP contribution in [0, 0.1) is 0 Å². The van der Waals surface area contributed by atoms with E-state index in [4.69, 9.17) is 25.5 Å². The van der Waals surface area contributed by atoms with Gasteiger partial charge in [-0.1, -0.05) is 6.92 Å². The summed E-state index contributed by atoms with van der Waals surface area (Å²) in [4.78, 5) is 30.5. The minimum atomic E-state index is 0.439. The van der Waals surface area contributed by atoms with Crippen LogP contribution in [0.2, 0.25) is 0 Å². The maximum atomic E-state index is 5.81. The summed E-state index contributed by atoms with van der Waals surface area (Å²) in [6.07, 6.45) is 7.44. The van der Waals surface area contributed by atoms with Gasteiger partial charge in [0.15, 0.2) is 5.65 Å². The maximum Gasteiger partial charge on any atom is 0.239 e. The third-order valence-corrected chi connectivity index (χ3v) is 7.20. The average Bonchev–Trinajstić information content (AvgIpc) is 3.41. The molecule has 4 aromatic rings. The Morgan fingerprint density at radius 2 is 1.71 bits per heavy atom. The minimum Gasteiger partial charge on any atom is -0.378 e. The molecule has 0 radical (unpaired) electrons. The van der Waals surface area contributed by atoms with Gasteiger partial charge >= 0.3 is 0 Å². The number of hydrogen-bond acceptors (Lipinski definition) is 11. The van der Waals surface area contributed by atoms with Gasteiger partial charge in [-0.05, 0) is 18.7 Å². The molecule has 0 aromatic carbocycles. The zero-order valence-corrected chi connectivity index (χ0v) is 21.9. The van der Waals surface area contributed by atoms with Crippen LogP contribution in [0.1, 0.15) is 6.92 Å². The SMILES string of the molecule is CCN1CCN(c2cc(-n3ccc4c(-c5cnc(N(C)N)nc5)nc(N5CCOCC5)nc43)ccn2)CC1. The van der Waals surface area contributed by atoms with Crippen molar-refractivity contribution in [3.05, 3.63) is 43.0 Å². The normalized spacial score (nSPS) is 16.8. The maximum absolute atomic E-state index is 5.81. The highest BCUT2D eigenvalue weighted by Gasteiger charge is 2.21. The highest BCUT2D eigenvalue weighted by Crippen LogP contribution is 2.31. The molecule has 38 heavy (non-hydrogen) atoms. The molecule has 4 aromatic heterocycles. The van der Waals surface area contributed by atoms with Gasteiger partial charge in [0.05, 0.1) is 24.6 Å². The number of ether oxygens (including phenoxy) is 1. The van der Waals surface area contributed by atoms with Gasteiger partial charge in [-0.3, -0.25) is 5.01 Å². The van der Waals surface area contributed by atoms with Crippen LogP contribution in [0.25, 0.3) is 28.0 Å². The Hall–Kier alpha value is -3.87. The van der Waals surface area contributed by atoms with Crippen LogP contribution in [0.4, 0.5) is 17.7 Å². The van der Waals surface area contributed by atoms with Gasteiger partial charge in [-0.15, -0.1) is 0 Å². The molecule has 0 aliphatic carbocycles. The van der Waals surface area contributed by atoms with Gasteiger partial charge < -0.3 is 24.0 Å². The Kier molecular flexibility index (Phi) is 6.75.